The van der Waals surface area contributed by atoms with Crippen LogP contribution < -0.4 is 14.2 Å². The number of benzene rings is 3. The third-order valence-electron chi connectivity index (χ3n) is 4.35. The molecule has 3 aromatic rings. The number of aliphatic hydroxyl groups is 1. The zero-order valence-corrected chi connectivity index (χ0v) is 15.4. The van der Waals surface area contributed by atoms with Crippen molar-refractivity contribution in [3.8, 4) is 17.2 Å². The summed E-state index contributed by atoms with van der Waals surface area (Å²) in [6.07, 6.45) is 0.240. The Labute approximate surface area is 153 Å². The lowest BCUT2D eigenvalue weighted by Crippen LogP contribution is -2.01. The summed E-state index contributed by atoms with van der Waals surface area (Å²) in [4.78, 5) is 0. The van der Waals surface area contributed by atoms with Gasteiger partial charge in [-0.1, -0.05) is 31.2 Å². The van der Waals surface area contributed by atoms with E-state index in [2.05, 4.69) is 6.92 Å². The van der Waals surface area contributed by atoms with Crippen molar-refractivity contribution in [2.75, 3.05) is 20.8 Å². The molecule has 1 atom stereocenters. The summed E-state index contributed by atoms with van der Waals surface area (Å²) in [5.41, 5.74) is 1.58. The third-order valence-corrected chi connectivity index (χ3v) is 4.35. The lowest BCUT2D eigenvalue weighted by molar-refractivity contribution is 0.219. The number of aliphatic hydroxyl groups excluding tert-OH is 1. The Morgan fingerprint density at radius 3 is 2.19 bits per heavy atom. The van der Waals surface area contributed by atoms with E-state index in [9.17, 15) is 5.11 Å². The van der Waals surface area contributed by atoms with Gasteiger partial charge in [-0.3, -0.25) is 0 Å². The van der Waals surface area contributed by atoms with Crippen molar-refractivity contribution < 1.29 is 19.3 Å². The highest BCUT2D eigenvalue weighted by Gasteiger charge is 2.14. The second kappa shape index (κ2) is 8.11. The van der Waals surface area contributed by atoms with Gasteiger partial charge in [0.15, 0.2) is 11.5 Å². The maximum atomic E-state index is 10.8. The predicted octanol–water partition coefficient (Wildman–Crippen LogP) is 4.73. The van der Waals surface area contributed by atoms with E-state index in [0.717, 1.165) is 34.1 Å². The quantitative estimate of drug-likeness (QED) is 0.668. The van der Waals surface area contributed by atoms with Gasteiger partial charge in [0, 0.05) is 0 Å². The van der Waals surface area contributed by atoms with Gasteiger partial charge in [-0.25, -0.2) is 0 Å². The highest BCUT2D eigenvalue weighted by molar-refractivity contribution is 5.84. The first-order valence-electron chi connectivity index (χ1n) is 8.72. The Bertz CT molecular complexity index is 888. The van der Waals surface area contributed by atoms with Gasteiger partial charge in [-0.2, -0.15) is 0 Å². The molecule has 0 radical (unpaired) electrons. The van der Waals surface area contributed by atoms with E-state index in [-0.39, 0.29) is 0 Å². The van der Waals surface area contributed by atoms with Crippen molar-refractivity contribution >= 4 is 10.8 Å². The minimum atomic E-state index is -0.741. The average Bonchev–Trinajstić information content (AvgIpc) is 2.70. The standard InChI is InChI=1S/C22H24O4/c1-4-11-26-19-9-7-15-12-17(6-5-16(15)13-19)22(23)18-8-10-20(24-2)21(14-18)25-3/h5-10,12-14,22-23H,4,11H2,1-3H3. The molecule has 1 unspecified atom stereocenters. The van der Waals surface area contributed by atoms with E-state index in [0.29, 0.717) is 18.1 Å². The Morgan fingerprint density at radius 2 is 1.46 bits per heavy atom. The van der Waals surface area contributed by atoms with E-state index in [1.807, 2.05) is 42.5 Å². The molecule has 4 nitrogen and oxygen atoms in total. The van der Waals surface area contributed by atoms with E-state index < -0.39 is 6.10 Å². The van der Waals surface area contributed by atoms with Gasteiger partial charge in [0.2, 0.25) is 0 Å². The third kappa shape index (κ3) is 3.75. The fourth-order valence-corrected chi connectivity index (χ4v) is 2.94. The molecule has 0 aliphatic rings. The highest BCUT2D eigenvalue weighted by Crippen LogP contribution is 2.33. The monoisotopic (exact) mass is 352 g/mol. The van der Waals surface area contributed by atoms with Crippen molar-refractivity contribution in [3.63, 3.8) is 0 Å². The fourth-order valence-electron chi connectivity index (χ4n) is 2.94. The van der Waals surface area contributed by atoms with Crippen molar-refractivity contribution in [3.05, 3.63) is 65.7 Å². The van der Waals surface area contributed by atoms with Crippen LogP contribution in [0, 0.1) is 0 Å². The largest absolute Gasteiger partial charge is 0.494 e. The molecule has 0 aliphatic heterocycles. The molecule has 0 saturated carbocycles. The second-order valence-electron chi connectivity index (χ2n) is 6.13. The molecular formula is C22H24O4. The Hall–Kier alpha value is -2.72. The number of hydrogen-bond donors (Lipinski definition) is 1. The predicted molar refractivity (Wildman–Crippen MR) is 103 cm³/mol. The van der Waals surface area contributed by atoms with Crippen LogP contribution in [-0.4, -0.2) is 25.9 Å². The molecular weight excluding hydrogens is 328 g/mol. The van der Waals surface area contributed by atoms with Gasteiger partial charge in [0.1, 0.15) is 11.9 Å². The summed E-state index contributed by atoms with van der Waals surface area (Å²) in [6.45, 7) is 2.80. The van der Waals surface area contributed by atoms with Crippen LogP contribution in [0.2, 0.25) is 0 Å². The van der Waals surface area contributed by atoms with Gasteiger partial charge in [-0.15, -0.1) is 0 Å². The summed E-state index contributed by atoms with van der Waals surface area (Å²) in [6, 6.07) is 17.4. The van der Waals surface area contributed by atoms with Crippen molar-refractivity contribution in [2.45, 2.75) is 19.4 Å². The molecule has 0 saturated heterocycles. The molecule has 0 bridgehead atoms. The lowest BCUT2D eigenvalue weighted by Gasteiger charge is -2.15. The van der Waals surface area contributed by atoms with Crippen LogP contribution in [0.25, 0.3) is 10.8 Å². The smallest absolute Gasteiger partial charge is 0.161 e. The zero-order chi connectivity index (χ0) is 18.5. The van der Waals surface area contributed by atoms with Crippen LogP contribution in [-0.2, 0) is 0 Å². The zero-order valence-electron chi connectivity index (χ0n) is 15.4. The van der Waals surface area contributed by atoms with Crippen LogP contribution in [0.15, 0.2) is 54.6 Å². The van der Waals surface area contributed by atoms with Gasteiger partial charge in [0.25, 0.3) is 0 Å². The molecule has 0 amide bonds. The molecule has 3 rings (SSSR count). The van der Waals surface area contributed by atoms with E-state index in [1.54, 1.807) is 26.4 Å². The Kier molecular flexibility index (Phi) is 5.64. The maximum Gasteiger partial charge on any atom is 0.161 e. The topological polar surface area (TPSA) is 47.9 Å². The molecule has 0 fully saturated rings. The summed E-state index contributed by atoms with van der Waals surface area (Å²) < 4.78 is 16.3. The molecule has 136 valence electrons. The van der Waals surface area contributed by atoms with Crippen LogP contribution in [0.1, 0.15) is 30.6 Å². The minimum absolute atomic E-state index is 0.600. The number of hydrogen-bond acceptors (Lipinski definition) is 4. The van der Waals surface area contributed by atoms with Crippen LogP contribution in [0.5, 0.6) is 17.2 Å². The first-order chi connectivity index (χ1) is 12.7. The molecule has 1 N–H and O–H groups in total. The highest BCUT2D eigenvalue weighted by atomic mass is 16.5. The van der Waals surface area contributed by atoms with Crippen molar-refractivity contribution in [1.82, 2.24) is 0 Å². The fraction of sp³-hybridized carbons (Fsp3) is 0.273. The summed E-state index contributed by atoms with van der Waals surface area (Å²) in [5.74, 6) is 2.11. The SMILES string of the molecule is CCCOc1ccc2cc(C(O)c3ccc(OC)c(OC)c3)ccc2c1. The Morgan fingerprint density at radius 1 is 0.808 bits per heavy atom. The van der Waals surface area contributed by atoms with Crippen LogP contribution in [0.3, 0.4) is 0 Å². The van der Waals surface area contributed by atoms with Gasteiger partial charge >= 0.3 is 0 Å². The molecule has 3 aromatic carbocycles. The van der Waals surface area contributed by atoms with Gasteiger partial charge < -0.3 is 19.3 Å². The molecule has 26 heavy (non-hydrogen) atoms. The lowest BCUT2D eigenvalue weighted by atomic mass is 9.98. The summed E-state index contributed by atoms with van der Waals surface area (Å²) >= 11 is 0. The van der Waals surface area contributed by atoms with E-state index in [4.69, 9.17) is 14.2 Å². The summed E-state index contributed by atoms with van der Waals surface area (Å²) in [5, 5.41) is 12.9. The normalized spacial score (nSPS) is 12.0. The second-order valence-corrected chi connectivity index (χ2v) is 6.13. The number of fused-ring (bicyclic) bond motifs is 1. The van der Waals surface area contributed by atoms with Crippen molar-refractivity contribution in [2.24, 2.45) is 0 Å². The number of methoxy groups -OCH3 is 2. The first-order valence-corrected chi connectivity index (χ1v) is 8.72. The molecule has 0 aromatic heterocycles. The van der Waals surface area contributed by atoms with Gasteiger partial charge in [-0.05, 0) is 58.7 Å². The molecule has 0 heterocycles. The average molecular weight is 352 g/mol. The van der Waals surface area contributed by atoms with Crippen LogP contribution in [0.4, 0.5) is 0 Å². The molecule has 4 heteroatoms. The summed E-state index contributed by atoms with van der Waals surface area (Å²) in [7, 11) is 3.18. The number of rotatable bonds is 7. The van der Waals surface area contributed by atoms with Crippen LogP contribution >= 0.6 is 0 Å². The van der Waals surface area contributed by atoms with Gasteiger partial charge in [0.05, 0.1) is 20.8 Å². The van der Waals surface area contributed by atoms with E-state index >= 15 is 0 Å². The van der Waals surface area contributed by atoms with E-state index in [1.165, 1.54) is 0 Å². The first kappa shape index (κ1) is 18.1. The molecule has 0 aliphatic carbocycles. The Balaban J connectivity index is 1.89. The minimum Gasteiger partial charge on any atom is -0.494 e. The number of ether oxygens (including phenoxy) is 3. The van der Waals surface area contributed by atoms with Crippen molar-refractivity contribution in [1.29, 1.82) is 0 Å². The molecule has 0 spiro atoms. The maximum absolute atomic E-state index is 10.8.